The highest BCUT2D eigenvalue weighted by Gasteiger charge is 1.97. The summed E-state index contributed by atoms with van der Waals surface area (Å²) >= 11 is 1.88. The van der Waals surface area contributed by atoms with Crippen molar-refractivity contribution in [2.45, 2.75) is 26.3 Å². The highest BCUT2D eigenvalue weighted by atomic mass is 32.2. The summed E-state index contributed by atoms with van der Waals surface area (Å²) in [5, 5.41) is 3.44. The Labute approximate surface area is 80.4 Å². The van der Waals surface area contributed by atoms with Crippen LogP contribution in [0.15, 0.2) is 0 Å². The molecule has 1 atom stereocenters. The Morgan fingerprint density at radius 1 is 1.50 bits per heavy atom. The van der Waals surface area contributed by atoms with Crippen molar-refractivity contribution in [2.75, 3.05) is 31.8 Å². The van der Waals surface area contributed by atoms with Gasteiger partial charge in [-0.05, 0) is 33.1 Å². The Morgan fingerprint density at radius 2 is 2.25 bits per heavy atom. The fourth-order valence-electron chi connectivity index (χ4n) is 0.976. The van der Waals surface area contributed by atoms with E-state index in [9.17, 15) is 0 Å². The molecule has 3 heteroatoms. The maximum Gasteiger partial charge on any atom is 0.0477 e. The molecule has 0 rings (SSSR count). The highest BCUT2D eigenvalue weighted by molar-refractivity contribution is 7.98. The first-order valence-corrected chi connectivity index (χ1v) is 6.00. The first-order chi connectivity index (χ1) is 5.81. The van der Waals surface area contributed by atoms with Gasteiger partial charge in [-0.3, -0.25) is 0 Å². The van der Waals surface area contributed by atoms with Crippen LogP contribution in [0.5, 0.6) is 0 Å². The molecule has 0 aliphatic rings. The van der Waals surface area contributed by atoms with E-state index in [-0.39, 0.29) is 0 Å². The fraction of sp³-hybridized carbons (Fsp3) is 1.00. The largest absolute Gasteiger partial charge is 0.382 e. The number of hydrogen-bond donors (Lipinski definition) is 1. The van der Waals surface area contributed by atoms with E-state index >= 15 is 0 Å². The Bertz CT molecular complexity index is 90.6. The maximum absolute atomic E-state index is 5.23. The molecule has 0 aromatic carbocycles. The van der Waals surface area contributed by atoms with Gasteiger partial charge in [0.25, 0.3) is 0 Å². The summed E-state index contributed by atoms with van der Waals surface area (Å²) in [7, 11) is 0. The van der Waals surface area contributed by atoms with Crippen LogP contribution in [0.1, 0.15) is 20.3 Å². The average Bonchev–Trinajstić information content (AvgIpc) is 2.05. The van der Waals surface area contributed by atoms with Gasteiger partial charge in [0.05, 0.1) is 0 Å². The molecule has 0 spiro atoms. The van der Waals surface area contributed by atoms with Crippen molar-refractivity contribution >= 4 is 11.8 Å². The van der Waals surface area contributed by atoms with Crippen molar-refractivity contribution in [1.29, 1.82) is 0 Å². The quantitative estimate of drug-likeness (QED) is 0.591. The second kappa shape index (κ2) is 9.36. The van der Waals surface area contributed by atoms with E-state index in [2.05, 4.69) is 18.5 Å². The third kappa shape index (κ3) is 8.37. The average molecular weight is 191 g/mol. The van der Waals surface area contributed by atoms with Crippen molar-refractivity contribution in [1.82, 2.24) is 5.32 Å². The maximum atomic E-state index is 5.23. The van der Waals surface area contributed by atoms with Crippen molar-refractivity contribution in [2.24, 2.45) is 0 Å². The molecule has 12 heavy (non-hydrogen) atoms. The Balaban J connectivity index is 2.97. The van der Waals surface area contributed by atoms with E-state index in [0.717, 1.165) is 26.2 Å². The van der Waals surface area contributed by atoms with E-state index in [1.54, 1.807) is 0 Å². The van der Waals surface area contributed by atoms with Gasteiger partial charge in [-0.15, -0.1) is 0 Å². The lowest BCUT2D eigenvalue weighted by Crippen LogP contribution is -2.29. The molecule has 0 saturated carbocycles. The van der Waals surface area contributed by atoms with Gasteiger partial charge in [-0.1, -0.05) is 0 Å². The first kappa shape index (κ1) is 12.3. The molecule has 0 radical (unpaired) electrons. The number of thioether (sulfide) groups is 1. The fourth-order valence-corrected chi connectivity index (χ4v) is 1.59. The monoisotopic (exact) mass is 191 g/mol. The minimum atomic E-state index is 0.627. The number of nitrogens with one attached hydrogen (secondary N) is 1. The van der Waals surface area contributed by atoms with Crippen molar-refractivity contribution in [3.8, 4) is 0 Å². The van der Waals surface area contributed by atoms with Gasteiger partial charge in [0.15, 0.2) is 0 Å². The first-order valence-electron chi connectivity index (χ1n) is 4.61. The van der Waals surface area contributed by atoms with Crippen LogP contribution in [0, 0.1) is 0 Å². The molecule has 0 aromatic rings. The SMILES string of the molecule is CCOCCCNC(C)CSC. The van der Waals surface area contributed by atoms with E-state index in [1.165, 1.54) is 5.75 Å². The zero-order chi connectivity index (χ0) is 9.23. The van der Waals surface area contributed by atoms with Crippen molar-refractivity contribution in [3.05, 3.63) is 0 Å². The van der Waals surface area contributed by atoms with Crippen LogP contribution in [0.25, 0.3) is 0 Å². The smallest absolute Gasteiger partial charge is 0.0477 e. The second-order valence-corrected chi connectivity index (χ2v) is 3.77. The highest BCUT2D eigenvalue weighted by Crippen LogP contribution is 1.95. The molecule has 0 bridgehead atoms. The van der Waals surface area contributed by atoms with Crippen molar-refractivity contribution in [3.63, 3.8) is 0 Å². The third-order valence-corrected chi connectivity index (χ3v) is 2.41. The molecule has 0 amide bonds. The summed E-state index contributed by atoms with van der Waals surface area (Å²) in [5.74, 6) is 1.19. The minimum absolute atomic E-state index is 0.627. The second-order valence-electron chi connectivity index (χ2n) is 2.86. The Morgan fingerprint density at radius 3 is 2.83 bits per heavy atom. The Kier molecular flexibility index (Phi) is 9.57. The van der Waals surface area contributed by atoms with Crippen LogP contribution < -0.4 is 5.32 Å². The van der Waals surface area contributed by atoms with E-state index < -0.39 is 0 Å². The molecular weight excluding hydrogens is 170 g/mol. The minimum Gasteiger partial charge on any atom is -0.382 e. The lowest BCUT2D eigenvalue weighted by molar-refractivity contribution is 0.144. The lowest BCUT2D eigenvalue weighted by Gasteiger charge is -2.11. The van der Waals surface area contributed by atoms with Gasteiger partial charge in [0.2, 0.25) is 0 Å². The molecule has 0 saturated heterocycles. The summed E-state index contributed by atoms with van der Waals surface area (Å²) in [4.78, 5) is 0. The molecule has 2 nitrogen and oxygen atoms in total. The summed E-state index contributed by atoms with van der Waals surface area (Å²) in [6, 6.07) is 0.627. The van der Waals surface area contributed by atoms with Gasteiger partial charge < -0.3 is 10.1 Å². The molecule has 0 heterocycles. The molecule has 74 valence electrons. The van der Waals surface area contributed by atoms with Gasteiger partial charge in [0.1, 0.15) is 0 Å². The zero-order valence-electron chi connectivity index (χ0n) is 8.43. The zero-order valence-corrected chi connectivity index (χ0v) is 9.25. The number of ether oxygens (including phenoxy) is 1. The van der Waals surface area contributed by atoms with Gasteiger partial charge in [-0.25, -0.2) is 0 Å². The molecule has 0 aliphatic carbocycles. The normalized spacial score (nSPS) is 13.2. The van der Waals surface area contributed by atoms with Crippen LogP contribution in [0.3, 0.4) is 0 Å². The van der Waals surface area contributed by atoms with E-state index in [4.69, 9.17) is 4.74 Å². The van der Waals surface area contributed by atoms with Gasteiger partial charge in [0, 0.05) is 25.0 Å². The lowest BCUT2D eigenvalue weighted by atomic mass is 10.3. The molecule has 0 fully saturated rings. The van der Waals surface area contributed by atoms with Crippen LogP contribution in [0.2, 0.25) is 0 Å². The molecule has 1 N–H and O–H groups in total. The van der Waals surface area contributed by atoms with Crippen LogP contribution in [-0.4, -0.2) is 37.8 Å². The van der Waals surface area contributed by atoms with E-state index in [1.807, 2.05) is 18.7 Å². The van der Waals surface area contributed by atoms with Gasteiger partial charge in [-0.2, -0.15) is 11.8 Å². The third-order valence-electron chi connectivity index (χ3n) is 1.58. The van der Waals surface area contributed by atoms with Crippen LogP contribution >= 0.6 is 11.8 Å². The number of hydrogen-bond acceptors (Lipinski definition) is 3. The topological polar surface area (TPSA) is 21.3 Å². The van der Waals surface area contributed by atoms with Crippen LogP contribution in [0.4, 0.5) is 0 Å². The number of rotatable bonds is 8. The summed E-state index contributed by atoms with van der Waals surface area (Å²) in [6.45, 7) is 7.04. The summed E-state index contributed by atoms with van der Waals surface area (Å²) in [6.07, 6.45) is 3.25. The van der Waals surface area contributed by atoms with Crippen LogP contribution in [-0.2, 0) is 4.74 Å². The molecule has 0 aliphatic heterocycles. The summed E-state index contributed by atoms with van der Waals surface area (Å²) < 4.78 is 5.23. The molecule has 1 unspecified atom stereocenters. The van der Waals surface area contributed by atoms with E-state index in [0.29, 0.717) is 6.04 Å². The Hall–Kier alpha value is 0.270. The van der Waals surface area contributed by atoms with Gasteiger partial charge >= 0.3 is 0 Å². The molecule has 0 aromatic heterocycles. The van der Waals surface area contributed by atoms with Crippen molar-refractivity contribution < 1.29 is 4.74 Å². The molecular formula is C9H21NOS. The predicted molar refractivity (Wildman–Crippen MR) is 57.0 cm³/mol. The summed E-state index contributed by atoms with van der Waals surface area (Å²) in [5.41, 5.74) is 0. The predicted octanol–water partition coefficient (Wildman–Crippen LogP) is 1.75. The standard InChI is InChI=1S/C9H21NOS/c1-4-11-7-5-6-10-9(2)8-12-3/h9-10H,4-8H2,1-3H3.